The van der Waals surface area contributed by atoms with Crippen LogP contribution in [0.4, 0.5) is 11.4 Å². The van der Waals surface area contributed by atoms with Crippen LogP contribution in [0.15, 0.2) is 112 Å². The van der Waals surface area contributed by atoms with Crippen LogP contribution in [0.3, 0.4) is 0 Å². The second kappa shape index (κ2) is 11.9. The third-order valence-electron chi connectivity index (χ3n) is 5.29. The third-order valence-corrected chi connectivity index (χ3v) is 7.75. The quantitative estimate of drug-likeness (QED) is 0.260. The van der Waals surface area contributed by atoms with E-state index in [1.54, 1.807) is 56.1 Å². The van der Waals surface area contributed by atoms with E-state index in [1.165, 1.54) is 12.1 Å². The van der Waals surface area contributed by atoms with E-state index < -0.39 is 10.0 Å². The summed E-state index contributed by atoms with van der Waals surface area (Å²) in [5.74, 6) is 0.728. The van der Waals surface area contributed by atoms with Gasteiger partial charge in [0.1, 0.15) is 11.5 Å². The summed E-state index contributed by atoms with van der Waals surface area (Å²) >= 11 is 1.55. The maximum Gasteiger partial charge on any atom is 0.262 e. The molecule has 2 N–H and O–H groups in total. The minimum atomic E-state index is -3.80. The second-order valence-corrected chi connectivity index (χ2v) is 10.8. The SMILES string of the molecule is COc1ccc(NS(=O)(=O)c2ccc(OCC(=O)Nc3ccccc3Sc3ccccc3)c(C)c2)cc1. The molecule has 0 aliphatic rings. The van der Waals surface area contributed by atoms with Crippen LogP contribution in [0.1, 0.15) is 5.56 Å². The predicted octanol–water partition coefficient (Wildman–Crippen LogP) is 5.97. The third kappa shape index (κ3) is 7.05. The summed E-state index contributed by atoms with van der Waals surface area (Å²) in [6.07, 6.45) is 0. The van der Waals surface area contributed by atoms with Crippen molar-refractivity contribution in [3.63, 3.8) is 0 Å². The van der Waals surface area contributed by atoms with E-state index in [0.717, 1.165) is 9.79 Å². The monoisotopic (exact) mass is 534 g/mol. The molecule has 0 aliphatic heterocycles. The van der Waals surface area contributed by atoms with Crippen molar-refractivity contribution >= 4 is 39.1 Å². The summed E-state index contributed by atoms with van der Waals surface area (Å²) in [6.45, 7) is 1.51. The van der Waals surface area contributed by atoms with E-state index in [2.05, 4.69) is 10.0 Å². The first kappa shape index (κ1) is 26.1. The standard InChI is InChI=1S/C28H26N2O5S2/c1-20-18-24(37(32,33)30-21-12-14-22(34-2)15-13-21)16-17-26(20)35-19-28(31)29-25-10-6-7-11-27(25)36-23-8-4-3-5-9-23/h3-18,30H,19H2,1-2H3,(H,29,31). The molecule has 0 aromatic heterocycles. The van der Waals surface area contributed by atoms with Crippen LogP contribution >= 0.6 is 11.8 Å². The number of carbonyl (C=O) groups is 1. The molecule has 0 fully saturated rings. The molecule has 0 radical (unpaired) electrons. The molecule has 0 unspecified atom stereocenters. The zero-order chi connectivity index (χ0) is 26.3. The molecule has 7 nitrogen and oxygen atoms in total. The fraction of sp³-hybridized carbons (Fsp3) is 0.107. The molecule has 0 atom stereocenters. The molecule has 0 heterocycles. The fourth-order valence-electron chi connectivity index (χ4n) is 3.43. The first-order valence-corrected chi connectivity index (χ1v) is 13.7. The summed E-state index contributed by atoms with van der Waals surface area (Å²) in [5, 5.41) is 2.89. The molecule has 9 heteroatoms. The number of ether oxygens (including phenoxy) is 2. The normalized spacial score (nSPS) is 11.0. The summed E-state index contributed by atoms with van der Waals surface area (Å²) in [6, 6.07) is 28.5. The Labute approximate surface area is 220 Å². The molecule has 4 rings (SSSR count). The summed E-state index contributed by atoms with van der Waals surface area (Å²) < 4.78 is 38.9. The number of hydrogen-bond acceptors (Lipinski definition) is 6. The van der Waals surface area contributed by atoms with Gasteiger partial charge in [-0.05, 0) is 79.2 Å². The van der Waals surface area contributed by atoms with Crippen molar-refractivity contribution < 1.29 is 22.7 Å². The van der Waals surface area contributed by atoms with E-state index >= 15 is 0 Å². The Kier molecular flexibility index (Phi) is 8.37. The van der Waals surface area contributed by atoms with Crippen LogP contribution in [0.2, 0.25) is 0 Å². The van der Waals surface area contributed by atoms with Crippen molar-refractivity contribution in [2.24, 2.45) is 0 Å². The highest BCUT2D eigenvalue weighted by molar-refractivity contribution is 7.99. The summed E-state index contributed by atoms with van der Waals surface area (Å²) in [7, 11) is -2.26. The molecule has 190 valence electrons. The molecule has 1 amide bonds. The number of amides is 1. The maximum atomic E-state index is 12.8. The van der Waals surface area contributed by atoms with Crippen LogP contribution < -0.4 is 19.5 Å². The summed E-state index contributed by atoms with van der Waals surface area (Å²) in [4.78, 5) is 14.7. The van der Waals surface area contributed by atoms with Gasteiger partial charge in [0, 0.05) is 15.5 Å². The van der Waals surface area contributed by atoms with E-state index in [9.17, 15) is 13.2 Å². The zero-order valence-corrected chi connectivity index (χ0v) is 21.9. The first-order valence-electron chi connectivity index (χ1n) is 11.4. The molecule has 0 saturated carbocycles. The Morgan fingerprint density at radius 3 is 2.30 bits per heavy atom. The molecular formula is C28H26N2O5S2. The Hall–Kier alpha value is -3.95. The van der Waals surface area contributed by atoms with Crippen LogP contribution in [-0.2, 0) is 14.8 Å². The van der Waals surface area contributed by atoms with Gasteiger partial charge in [0.05, 0.1) is 17.7 Å². The van der Waals surface area contributed by atoms with Gasteiger partial charge in [0.2, 0.25) is 0 Å². The van der Waals surface area contributed by atoms with Gasteiger partial charge in [0.25, 0.3) is 15.9 Å². The van der Waals surface area contributed by atoms with Crippen LogP contribution in [0.5, 0.6) is 11.5 Å². The Morgan fingerprint density at radius 1 is 0.892 bits per heavy atom. The van der Waals surface area contributed by atoms with Crippen molar-refractivity contribution in [3.8, 4) is 11.5 Å². The lowest BCUT2D eigenvalue weighted by Crippen LogP contribution is -2.21. The number of hydrogen-bond donors (Lipinski definition) is 2. The number of methoxy groups -OCH3 is 1. The first-order chi connectivity index (χ1) is 17.8. The van der Waals surface area contributed by atoms with Gasteiger partial charge in [-0.25, -0.2) is 8.42 Å². The van der Waals surface area contributed by atoms with Gasteiger partial charge in [-0.3, -0.25) is 9.52 Å². The lowest BCUT2D eigenvalue weighted by molar-refractivity contribution is -0.118. The molecule has 37 heavy (non-hydrogen) atoms. The number of nitrogens with one attached hydrogen (secondary N) is 2. The highest BCUT2D eigenvalue weighted by Crippen LogP contribution is 2.33. The molecule has 0 bridgehead atoms. The second-order valence-electron chi connectivity index (χ2n) is 8.01. The molecule has 0 aliphatic carbocycles. The maximum absolute atomic E-state index is 12.8. The van der Waals surface area contributed by atoms with Crippen molar-refractivity contribution in [2.75, 3.05) is 23.8 Å². The average molecular weight is 535 g/mol. The van der Waals surface area contributed by atoms with E-state index in [4.69, 9.17) is 9.47 Å². The molecule has 0 spiro atoms. The number of sulfonamides is 1. The van der Waals surface area contributed by atoms with Gasteiger partial charge < -0.3 is 14.8 Å². The van der Waals surface area contributed by atoms with Gasteiger partial charge in [-0.1, -0.05) is 42.1 Å². The van der Waals surface area contributed by atoms with Crippen molar-refractivity contribution in [3.05, 3.63) is 103 Å². The number of carbonyl (C=O) groups excluding carboxylic acids is 1. The number of rotatable bonds is 10. The van der Waals surface area contributed by atoms with Crippen LogP contribution in [0.25, 0.3) is 0 Å². The number of anilines is 2. The lowest BCUT2D eigenvalue weighted by Gasteiger charge is -2.14. The Bertz CT molecular complexity index is 1470. The molecule has 4 aromatic rings. The zero-order valence-electron chi connectivity index (χ0n) is 20.3. The topological polar surface area (TPSA) is 93.7 Å². The highest BCUT2D eigenvalue weighted by atomic mass is 32.2. The van der Waals surface area contributed by atoms with Gasteiger partial charge >= 0.3 is 0 Å². The molecule has 4 aromatic carbocycles. The van der Waals surface area contributed by atoms with Crippen LogP contribution in [0, 0.1) is 6.92 Å². The molecule has 0 saturated heterocycles. The summed E-state index contributed by atoms with van der Waals surface area (Å²) in [5.41, 5.74) is 1.69. The van der Waals surface area contributed by atoms with Crippen molar-refractivity contribution in [1.82, 2.24) is 0 Å². The fourth-order valence-corrected chi connectivity index (χ4v) is 5.49. The van der Waals surface area contributed by atoms with E-state index in [-0.39, 0.29) is 17.4 Å². The van der Waals surface area contributed by atoms with Crippen molar-refractivity contribution in [2.45, 2.75) is 21.6 Å². The molecular weight excluding hydrogens is 508 g/mol. The van der Waals surface area contributed by atoms with Gasteiger partial charge in [-0.15, -0.1) is 0 Å². The largest absolute Gasteiger partial charge is 0.497 e. The minimum absolute atomic E-state index is 0.0875. The Balaban J connectivity index is 1.38. The number of benzene rings is 4. The highest BCUT2D eigenvalue weighted by Gasteiger charge is 2.17. The van der Waals surface area contributed by atoms with E-state index in [1.807, 2.05) is 54.6 Å². The van der Waals surface area contributed by atoms with E-state index in [0.29, 0.717) is 28.4 Å². The lowest BCUT2D eigenvalue weighted by atomic mass is 10.2. The number of para-hydroxylation sites is 1. The number of aryl methyl sites for hydroxylation is 1. The van der Waals surface area contributed by atoms with Gasteiger partial charge in [0.15, 0.2) is 6.61 Å². The van der Waals surface area contributed by atoms with Crippen LogP contribution in [-0.4, -0.2) is 28.0 Å². The minimum Gasteiger partial charge on any atom is -0.497 e. The van der Waals surface area contributed by atoms with Gasteiger partial charge in [-0.2, -0.15) is 0 Å². The average Bonchev–Trinajstić information content (AvgIpc) is 2.90. The smallest absolute Gasteiger partial charge is 0.262 e. The predicted molar refractivity (Wildman–Crippen MR) is 146 cm³/mol. The Morgan fingerprint density at radius 2 is 1.59 bits per heavy atom. The van der Waals surface area contributed by atoms with Crippen molar-refractivity contribution in [1.29, 1.82) is 0 Å².